The minimum absolute atomic E-state index is 0.321. The number of rotatable bonds is 0. The van der Waals surface area contributed by atoms with Crippen LogP contribution in [-0.4, -0.2) is 25.0 Å². The largest absolute Gasteiger partial charge is 0.230 e. The molecule has 0 aliphatic heterocycles. The van der Waals surface area contributed by atoms with E-state index in [4.69, 9.17) is 11.6 Å². The predicted molar refractivity (Wildman–Crippen MR) is 55.8 cm³/mol. The molecule has 74 valence electrons. The third-order valence-corrected chi connectivity index (χ3v) is 2.56. The van der Waals surface area contributed by atoms with Crippen LogP contribution in [-0.2, 0) is 0 Å². The Morgan fingerprint density at radius 2 is 2.20 bits per heavy atom. The Bertz CT molecular complexity index is 660. The van der Waals surface area contributed by atoms with Gasteiger partial charge in [0.05, 0.1) is 11.0 Å². The SMILES string of the molecule is Cc1cccc2c1nc(Cl)c1nnnn12. The van der Waals surface area contributed by atoms with Gasteiger partial charge in [-0.1, -0.05) is 23.7 Å². The van der Waals surface area contributed by atoms with Gasteiger partial charge in [-0.25, -0.2) is 4.98 Å². The fourth-order valence-electron chi connectivity index (χ4n) is 1.59. The molecule has 15 heavy (non-hydrogen) atoms. The highest BCUT2D eigenvalue weighted by atomic mass is 35.5. The number of hydrogen-bond donors (Lipinski definition) is 0. The zero-order chi connectivity index (χ0) is 10.4. The van der Waals surface area contributed by atoms with Crippen molar-refractivity contribution in [1.29, 1.82) is 0 Å². The van der Waals surface area contributed by atoms with Crippen molar-refractivity contribution in [3.8, 4) is 0 Å². The van der Waals surface area contributed by atoms with Crippen LogP contribution in [0.25, 0.3) is 16.7 Å². The summed E-state index contributed by atoms with van der Waals surface area (Å²) < 4.78 is 1.59. The number of para-hydroxylation sites is 1. The molecule has 0 amide bonds. The van der Waals surface area contributed by atoms with Gasteiger partial charge in [-0.3, -0.25) is 0 Å². The average Bonchev–Trinajstić information content (AvgIpc) is 2.69. The van der Waals surface area contributed by atoms with Crippen LogP contribution in [0.2, 0.25) is 5.15 Å². The van der Waals surface area contributed by atoms with Gasteiger partial charge in [-0.15, -0.1) is 5.10 Å². The molecule has 0 saturated heterocycles. The molecule has 0 aliphatic carbocycles. The molecule has 0 saturated carbocycles. The standard InChI is InChI=1S/C9H6ClN5/c1-5-3-2-4-6-7(5)11-8(10)9-12-13-14-15(6)9/h2-4H,1H3. The van der Waals surface area contributed by atoms with E-state index in [1.54, 1.807) is 4.52 Å². The molecule has 5 nitrogen and oxygen atoms in total. The number of benzene rings is 1. The Balaban J connectivity index is 2.66. The highest BCUT2D eigenvalue weighted by Gasteiger charge is 2.10. The van der Waals surface area contributed by atoms with Crippen LogP contribution in [0, 0.1) is 6.92 Å². The van der Waals surface area contributed by atoms with E-state index in [-0.39, 0.29) is 0 Å². The molecule has 0 aliphatic rings. The van der Waals surface area contributed by atoms with Crippen LogP contribution in [0.1, 0.15) is 5.56 Å². The van der Waals surface area contributed by atoms with Crippen molar-refractivity contribution in [3.05, 3.63) is 28.9 Å². The Kier molecular flexibility index (Phi) is 1.63. The molecule has 0 atom stereocenters. The van der Waals surface area contributed by atoms with Crippen molar-refractivity contribution in [2.45, 2.75) is 6.92 Å². The lowest BCUT2D eigenvalue weighted by Crippen LogP contribution is -1.95. The van der Waals surface area contributed by atoms with Gasteiger partial charge in [0.1, 0.15) is 0 Å². The van der Waals surface area contributed by atoms with Crippen LogP contribution in [0.4, 0.5) is 0 Å². The maximum absolute atomic E-state index is 5.97. The van der Waals surface area contributed by atoms with Gasteiger partial charge in [-0.05, 0) is 29.0 Å². The molecule has 0 spiro atoms. The van der Waals surface area contributed by atoms with Crippen molar-refractivity contribution in [2.75, 3.05) is 0 Å². The van der Waals surface area contributed by atoms with E-state index in [9.17, 15) is 0 Å². The zero-order valence-corrected chi connectivity index (χ0v) is 8.60. The summed E-state index contributed by atoms with van der Waals surface area (Å²) in [5.41, 5.74) is 3.21. The molecule has 3 rings (SSSR count). The second-order valence-corrected chi connectivity index (χ2v) is 3.62. The number of aromatic nitrogens is 5. The second kappa shape index (κ2) is 2.87. The van der Waals surface area contributed by atoms with E-state index in [0.717, 1.165) is 16.6 Å². The summed E-state index contributed by atoms with van der Waals surface area (Å²) in [7, 11) is 0. The van der Waals surface area contributed by atoms with Gasteiger partial charge >= 0.3 is 0 Å². The average molecular weight is 220 g/mol. The van der Waals surface area contributed by atoms with Crippen LogP contribution in [0.5, 0.6) is 0 Å². The number of nitrogens with zero attached hydrogens (tertiary/aromatic N) is 5. The molecule has 0 bridgehead atoms. The highest BCUT2D eigenvalue weighted by molar-refractivity contribution is 6.32. The molecule has 1 aromatic carbocycles. The second-order valence-electron chi connectivity index (χ2n) is 3.26. The molecule has 0 radical (unpaired) electrons. The van der Waals surface area contributed by atoms with E-state index in [1.165, 1.54) is 0 Å². The Hall–Kier alpha value is -1.75. The van der Waals surface area contributed by atoms with E-state index in [1.807, 2.05) is 25.1 Å². The van der Waals surface area contributed by atoms with Gasteiger partial charge in [0, 0.05) is 0 Å². The minimum atomic E-state index is 0.321. The number of tetrazole rings is 1. The van der Waals surface area contributed by atoms with Gasteiger partial charge in [-0.2, -0.15) is 4.52 Å². The maximum Gasteiger partial charge on any atom is 0.217 e. The molecule has 2 heterocycles. The Morgan fingerprint density at radius 1 is 1.33 bits per heavy atom. The maximum atomic E-state index is 5.97. The van der Waals surface area contributed by atoms with Crippen molar-refractivity contribution in [3.63, 3.8) is 0 Å². The van der Waals surface area contributed by atoms with Crippen LogP contribution in [0.3, 0.4) is 0 Å². The summed E-state index contributed by atoms with van der Waals surface area (Å²) in [6.07, 6.45) is 0. The molecule has 6 heteroatoms. The summed E-state index contributed by atoms with van der Waals surface area (Å²) in [4.78, 5) is 4.28. The van der Waals surface area contributed by atoms with E-state index >= 15 is 0 Å². The highest BCUT2D eigenvalue weighted by Crippen LogP contribution is 2.20. The predicted octanol–water partition coefficient (Wildman–Crippen LogP) is 1.63. The summed E-state index contributed by atoms with van der Waals surface area (Å²) in [5.74, 6) is 0. The lowest BCUT2D eigenvalue weighted by Gasteiger charge is -2.02. The van der Waals surface area contributed by atoms with Gasteiger partial charge < -0.3 is 0 Å². The number of fused-ring (bicyclic) bond motifs is 3. The first-order valence-electron chi connectivity index (χ1n) is 4.40. The Morgan fingerprint density at radius 3 is 3.07 bits per heavy atom. The smallest absolute Gasteiger partial charge is 0.217 e. The van der Waals surface area contributed by atoms with Crippen LogP contribution < -0.4 is 0 Å². The fraction of sp³-hybridized carbons (Fsp3) is 0.111. The van der Waals surface area contributed by atoms with Crippen LogP contribution in [0.15, 0.2) is 18.2 Å². The lowest BCUT2D eigenvalue weighted by molar-refractivity contribution is 0.840. The van der Waals surface area contributed by atoms with E-state index in [0.29, 0.717) is 10.8 Å². The summed E-state index contributed by atoms with van der Waals surface area (Å²) in [5, 5.41) is 11.6. The summed E-state index contributed by atoms with van der Waals surface area (Å²) in [6.45, 7) is 1.97. The van der Waals surface area contributed by atoms with Crippen molar-refractivity contribution < 1.29 is 0 Å². The quantitative estimate of drug-likeness (QED) is 0.577. The normalized spacial score (nSPS) is 11.3. The molecular weight excluding hydrogens is 214 g/mol. The topological polar surface area (TPSA) is 56.0 Å². The number of aryl methyl sites for hydroxylation is 1. The monoisotopic (exact) mass is 219 g/mol. The molecule has 0 unspecified atom stereocenters. The third-order valence-electron chi connectivity index (χ3n) is 2.31. The summed E-state index contributed by atoms with van der Waals surface area (Å²) in [6, 6.07) is 5.82. The van der Waals surface area contributed by atoms with Gasteiger partial charge in [0.25, 0.3) is 0 Å². The molecule has 3 aromatic rings. The zero-order valence-electron chi connectivity index (χ0n) is 7.85. The minimum Gasteiger partial charge on any atom is -0.230 e. The first kappa shape index (κ1) is 8.55. The van der Waals surface area contributed by atoms with Gasteiger partial charge in [0.2, 0.25) is 5.65 Å². The lowest BCUT2D eigenvalue weighted by atomic mass is 10.2. The molecular formula is C9H6ClN5. The van der Waals surface area contributed by atoms with E-state index < -0.39 is 0 Å². The molecule has 0 N–H and O–H groups in total. The first-order chi connectivity index (χ1) is 7.27. The Labute approximate surface area is 89.7 Å². The fourth-order valence-corrected chi connectivity index (χ4v) is 1.79. The van der Waals surface area contributed by atoms with Crippen molar-refractivity contribution in [2.24, 2.45) is 0 Å². The first-order valence-corrected chi connectivity index (χ1v) is 4.78. The molecule has 0 fully saturated rings. The van der Waals surface area contributed by atoms with E-state index in [2.05, 4.69) is 20.5 Å². The molecule has 2 aromatic heterocycles. The number of halogens is 1. The van der Waals surface area contributed by atoms with Gasteiger partial charge in [0.15, 0.2) is 5.15 Å². The van der Waals surface area contributed by atoms with Crippen LogP contribution >= 0.6 is 11.6 Å². The number of hydrogen-bond acceptors (Lipinski definition) is 4. The van der Waals surface area contributed by atoms with Crippen molar-refractivity contribution >= 4 is 28.3 Å². The third kappa shape index (κ3) is 1.10. The summed E-state index contributed by atoms with van der Waals surface area (Å²) >= 11 is 5.97. The van der Waals surface area contributed by atoms with Crippen molar-refractivity contribution in [1.82, 2.24) is 25.0 Å².